The largest absolute Gasteiger partial charge is 0.497 e. The Morgan fingerprint density at radius 1 is 1.11 bits per heavy atom. The van der Waals surface area contributed by atoms with Crippen molar-refractivity contribution in [3.63, 3.8) is 0 Å². The lowest BCUT2D eigenvalue weighted by Crippen LogP contribution is -2.49. The molecule has 2 fully saturated rings. The third-order valence-electron chi connectivity index (χ3n) is 7.31. The zero-order chi connectivity index (χ0) is 25.8. The van der Waals surface area contributed by atoms with Crippen molar-refractivity contribution in [2.75, 3.05) is 56.7 Å². The normalized spacial score (nSPS) is 16.8. The molecule has 1 aromatic heterocycles. The molecule has 0 bridgehead atoms. The van der Waals surface area contributed by atoms with Crippen molar-refractivity contribution in [1.29, 1.82) is 5.26 Å². The first-order valence-electron chi connectivity index (χ1n) is 12.7. The maximum Gasteiger partial charge on any atom is 0.259 e. The molecule has 0 spiro atoms. The number of hydrogen-bond donors (Lipinski definition) is 1. The van der Waals surface area contributed by atoms with Gasteiger partial charge in [0, 0.05) is 37.9 Å². The number of nitriles is 1. The number of aromatic nitrogens is 2. The van der Waals surface area contributed by atoms with Crippen LogP contribution in [-0.2, 0) is 4.74 Å². The summed E-state index contributed by atoms with van der Waals surface area (Å²) in [5.74, 6) is 0.491. The number of amides is 1. The van der Waals surface area contributed by atoms with E-state index in [0.717, 1.165) is 75.1 Å². The summed E-state index contributed by atoms with van der Waals surface area (Å²) in [6.07, 6.45) is 3.70. The number of carbonyl (C=O) groups is 1. The second-order valence-electron chi connectivity index (χ2n) is 9.42. The molecule has 1 N–H and O–H groups in total. The maximum absolute atomic E-state index is 13.1. The first kappa shape index (κ1) is 24.8. The molecule has 2 saturated heterocycles. The van der Waals surface area contributed by atoms with Gasteiger partial charge in [0.1, 0.15) is 11.8 Å². The highest BCUT2D eigenvalue weighted by Crippen LogP contribution is 2.29. The van der Waals surface area contributed by atoms with Gasteiger partial charge in [-0.05, 0) is 62.2 Å². The third kappa shape index (κ3) is 5.31. The molecule has 1 amide bonds. The van der Waals surface area contributed by atoms with E-state index in [1.54, 1.807) is 24.1 Å². The molecule has 2 aliphatic rings. The lowest BCUT2D eigenvalue weighted by molar-refractivity contribution is 0.0115. The molecule has 192 valence electrons. The highest BCUT2D eigenvalue weighted by atomic mass is 16.5. The fraction of sp³-hybridized carbons (Fsp3) is 0.393. The van der Waals surface area contributed by atoms with Crippen LogP contribution >= 0.6 is 0 Å². The lowest BCUT2D eigenvalue weighted by atomic mass is 10.0. The van der Waals surface area contributed by atoms with Crippen molar-refractivity contribution in [2.24, 2.45) is 0 Å². The number of anilines is 2. The standard InChI is InChI=1S/C28H32N6O3/c1-20-26(19-30-34(20)24-4-6-25(36-2)7-5-24)28(35)31-22-3-8-27(21(17-22)18-29)33-11-9-23(10-12-33)32-13-15-37-16-14-32/h3-8,17,19,23H,9-16H2,1-2H3,(H,31,35). The number of carbonyl (C=O) groups excluding carboxylic acids is 1. The summed E-state index contributed by atoms with van der Waals surface area (Å²) in [6.45, 7) is 7.30. The molecule has 37 heavy (non-hydrogen) atoms. The average molecular weight is 501 g/mol. The molecule has 5 rings (SSSR count). The van der Waals surface area contributed by atoms with Crippen molar-refractivity contribution in [2.45, 2.75) is 25.8 Å². The topological polar surface area (TPSA) is 95.7 Å². The Morgan fingerprint density at radius 2 is 1.84 bits per heavy atom. The van der Waals surface area contributed by atoms with Gasteiger partial charge in [-0.1, -0.05) is 0 Å². The van der Waals surface area contributed by atoms with Crippen LogP contribution in [0.25, 0.3) is 5.69 Å². The molecule has 3 heterocycles. The Bertz CT molecular complexity index is 1280. The molecule has 9 heteroatoms. The molecular weight excluding hydrogens is 468 g/mol. The van der Waals surface area contributed by atoms with Crippen molar-refractivity contribution in [1.82, 2.24) is 14.7 Å². The molecule has 3 aromatic rings. The van der Waals surface area contributed by atoms with Gasteiger partial charge in [0.2, 0.25) is 0 Å². The quantitative estimate of drug-likeness (QED) is 0.552. The second-order valence-corrected chi connectivity index (χ2v) is 9.42. The monoisotopic (exact) mass is 500 g/mol. The number of nitrogens with zero attached hydrogens (tertiary/aromatic N) is 5. The number of methoxy groups -OCH3 is 1. The first-order chi connectivity index (χ1) is 18.1. The highest BCUT2D eigenvalue weighted by molar-refractivity contribution is 6.05. The summed E-state index contributed by atoms with van der Waals surface area (Å²) in [5, 5.41) is 17.2. The van der Waals surface area contributed by atoms with Crippen molar-refractivity contribution >= 4 is 17.3 Å². The molecule has 0 radical (unpaired) electrons. The number of nitrogens with one attached hydrogen (secondary N) is 1. The van der Waals surface area contributed by atoms with E-state index in [4.69, 9.17) is 9.47 Å². The van der Waals surface area contributed by atoms with Crippen LogP contribution in [0.4, 0.5) is 11.4 Å². The maximum atomic E-state index is 13.1. The van der Waals surface area contributed by atoms with E-state index in [2.05, 4.69) is 26.3 Å². The van der Waals surface area contributed by atoms with Gasteiger partial charge < -0.3 is 19.7 Å². The van der Waals surface area contributed by atoms with Gasteiger partial charge in [-0.25, -0.2) is 4.68 Å². The Morgan fingerprint density at radius 3 is 2.51 bits per heavy atom. The van der Waals surface area contributed by atoms with Crippen LogP contribution in [-0.4, -0.2) is 73.1 Å². The number of hydrogen-bond acceptors (Lipinski definition) is 7. The predicted octanol–water partition coefficient (Wildman–Crippen LogP) is 3.61. The van der Waals surface area contributed by atoms with Crippen molar-refractivity contribution < 1.29 is 14.3 Å². The van der Waals surface area contributed by atoms with Crippen LogP contribution in [0.2, 0.25) is 0 Å². The summed E-state index contributed by atoms with van der Waals surface area (Å²) < 4.78 is 12.4. The van der Waals surface area contributed by atoms with Gasteiger partial charge in [-0.2, -0.15) is 10.4 Å². The van der Waals surface area contributed by atoms with Gasteiger partial charge >= 0.3 is 0 Å². The Kier molecular flexibility index (Phi) is 7.40. The minimum atomic E-state index is -0.264. The molecule has 0 aliphatic carbocycles. The molecule has 0 unspecified atom stereocenters. The summed E-state index contributed by atoms with van der Waals surface area (Å²) in [4.78, 5) is 17.9. The van der Waals surface area contributed by atoms with Crippen LogP contribution in [0.3, 0.4) is 0 Å². The van der Waals surface area contributed by atoms with Gasteiger partial charge in [0.25, 0.3) is 5.91 Å². The zero-order valence-corrected chi connectivity index (χ0v) is 21.3. The van der Waals surface area contributed by atoms with Crippen LogP contribution in [0.1, 0.15) is 34.5 Å². The highest BCUT2D eigenvalue weighted by Gasteiger charge is 2.27. The van der Waals surface area contributed by atoms with Crippen molar-refractivity contribution in [3.8, 4) is 17.5 Å². The lowest BCUT2D eigenvalue weighted by Gasteiger charge is -2.41. The average Bonchev–Trinajstić information content (AvgIpc) is 3.35. The zero-order valence-electron chi connectivity index (χ0n) is 21.3. The van der Waals surface area contributed by atoms with Crippen LogP contribution in [0.15, 0.2) is 48.7 Å². The number of ether oxygens (including phenoxy) is 2. The SMILES string of the molecule is COc1ccc(-n2ncc(C(=O)Nc3ccc(N4CCC(N5CCOCC5)CC4)c(C#N)c3)c2C)cc1. The van der Waals surface area contributed by atoms with Crippen LogP contribution < -0.4 is 15.0 Å². The molecule has 0 atom stereocenters. The summed E-state index contributed by atoms with van der Waals surface area (Å²) in [7, 11) is 1.62. The summed E-state index contributed by atoms with van der Waals surface area (Å²) in [6, 6.07) is 15.9. The Labute approximate surface area is 217 Å². The smallest absolute Gasteiger partial charge is 0.259 e. The number of rotatable bonds is 6. The van der Waals surface area contributed by atoms with Gasteiger partial charge in [-0.3, -0.25) is 9.69 Å². The van der Waals surface area contributed by atoms with E-state index in [1.165, 1.54) is 0 Å². The van der Waals surface area contributed by atoms with Crippen molar-refractivity contribution in [3.05, 3.63) is 65.5 Å². The van der Waals surface area contributed by atoms with E-state index in [-0.39, 0.29) is 5.91 Å². The molecule has 2 aliphatic heterocycles. The van der Waals surface area contributed by atoms with E-state index < -0.39 is 0 Å². The third-order valence-corrected chi connectivity index (χ3v) is 7.31. The van der Waals surface area contributed by atoms with E-state index in [9.17, 15) is 10.1 Å². The molecule has 9 nitrogen and oxygen atoms in total. The number of morpholine rings is 1. The van der Waals surface area contributed by atoms with E-state index in [0.29, 0.717) is 22.9 Å². The number of piperidine rings is 1. The van der Waals surface area contributed by atoms with Gasteiger partial charge in [0.15, 0.2) is 0 Å². The second kappa shape index (κ2) is 11.0. The van der Waals surface area contributed by atoms with E-state index in [1.807, 2.05) is 43.3 Å². The van der Waals surface area contributed by atoms with Crippen LogP contribution in [0.5, 0.6) is 5.75 Å². The van der Waals surface area contributed by atoms with Gasteiger partial charge in [0.05, 0.1) is 54.7 Å². The summed E-state index contributed by atoms with van der Waals surface area (Å²) >= 11 is 0. The first-order valence-corrected chi connectivity index (χ1v) is 12.7. The molecule has 0 saturated carbocycles. The minimum Gasteiger partial charge on any atom is -0.497 e. The van der Waals surface area contributed by atoms with E-state index >= 15 is 0 Å². The Balaban J connectivity index is 1.25. The van der Waals surface area contributed by atoms with Crippen LogP contribution in [0, 0.1) is 18.3 Å². The van der Waals surface area contributed by atoms with Gasteiger partial charge in [-0.15, -0.1) is 0 Å². The predicted molar refractivity (Wildman–Crippen MR) is 142 cm³/mol. The summed E-state index contributed by atoms with van der Waals surface area (Å²) in [5.41, 5.74) is 4.11. The minimum absolute atomic E-state index is 0.264. The number of benzene rings is 2. The fourth-order valence-corrected chi connectivity index (χ4v) is 5.21. The fourth-order valence-electron chi connectivity index (χ4n) is 5.21. The molecule has 2 aromatic carbocycles. The Hall–Kier alpha value is -3.87. The molecular formula is C28H32N6O3.